The summed E-state index contributed by atoms with van der Waals surface area (Å²) in [5.74, 6) is 1.70. The van der Waals surface area contributed by atoms with E-state index in [2.05, 4.69) is 12.2 Å². The Labute approximate surface area is 102 Å². The van der Waals surface area contributed by atoms with Crippen LogP contribution < -0.4 is 5.32 Å². The zero-order chi connectivity index (χ0) is 12.0. The van der Waals surface area contributed by atoms with Gasteiger partial charge in [0.1, 0.15) is 5.84 Å². The molecule has 0 bridgehead atoms. The molecular formula is C13H21N3O. The van der Waals surface area contributed by atoms with Crippen molar-refractivity contribution in [2.45, 2.75) is 57.5 Å². The maximum absolute atomic E-state index is 11.9. The van der Waals surface area contributed by atoms with E-state index in [-0.39, 0.29) is 12.1 Å². The minimum absolute atomic E-state index is 0.0271. The predicted octanol–water partition coefficient (Wildman–Crippen LogP) is 2.35. The first kappa shape index (κ1) is 11.1. The van der Waals surface area contributed by atoms with E-state index in [1.807, 2.05) is 4.90 Å². The zero-order valence-electron chi connectivity index (χ0n) is 10.4. The Balaban J connectivity index is 1.78. The Hall–Kier alpha value is -1.06. The molecule has 3 aliphatic rings. The maximum Gasteiger partial charge on any atom is 0.323 e. The largest absolute Gasteiger partial charge is 0.323 e. The van der Waals surface area contributed by atoms with Crippen LogP contribution in [0.3, 0.4) is 0 Å². The number of nitrogens with zero attached hydrogens (tertiary/aromatic N) is 1. The molecule has 2 aliphatic carbocycles. The van der Waals surface area contributed by atoms with Crippen molar-refractivity contribution >= 4 is 11.9 Å². The molecule has 4 nitrogen and oxygen atoms in total. The van der Waals surface area contributed by atoms with Crippen LogP contribution in [0.5, 0.6) is 0 Å². The number of rotatable bonds is 2. The number of nitrogens with one attached hydrogen (secondary N) is 2. The first-order chi connectivity index (χ1) is 8.16. The summed E-state index contributed by atoms with van der Waals surface area (Å²) < 4.78 is 0. The third kappa shape index (κ3) is 1.94. The molecule has 94 valence electrons. The molecule has 17 heavy (non-hydrogen) atoms. The second kappa shape index (κ2) is 4.00. The predicted molar refractivity (Wildman–Crippen MR) is 66.0 cm³/mol. The van der Waals surface area contributed by atoms with Gasteiger partial charge in [0.15, 0.2) is 0 Å². The number of carbonyl (C=O) groups is 1. The molecule has 2 saturated carbocycles. The third-order valence-electron chi connectivity index (χ3n) is 4.44. The number of hydrogen-bond donors (Lipinski definition) is 2. The molecule has 3 atom stereocenters. The van der Waals surface area contributed by atoms with Crippen molar-refractivity contribution in [2.24, 2.45) is 11.8 Å². The van der Waals surface area contributed by atoms with E-state index in [0.717, 1.165) is 18.8 Å². The van der Waals surface area contributed by atoms with Gasteiger partial charge >= 0.3 is 6.03 Å². The molecular weight excluding hydrogens is 214 g/mol. The highest BCUT2D eigenvalue weighted by Crippen LogP contribution is 2.39. The molecule has 2 N–H and O–H groups in total. The summed E-state index contributed by atoms with van der Waals surface area (Å²) in [4.78, 5) is 13.8. The smallest absolute Gasteiger partial charge is 0.311 e. The van der Waals surface area contributed by atoms with Gasteiger partial charge in [0.25, 0.3) is 0 Å². The van der Waals surface area contributed by atoms with Gasteiger partial charge in [-0.1, -0.05) is 19.8 Å². The van der Waals surface area contributed by atoms with Gasteiger partial charge < -0.3 is 4.90 Å². The van der Waals surface area contributed by atoms with Gasteiger partial charge in [0, 0.05) is 6.04 Å². The summed E-state index contributed by atoms with van der Waals surface area (Å²) in [6.07, 6.45) is 7.16. The summed E-state index contributed by atoms with van der Waals surface area (Å²) >= 11 is 0. The van der Waals surface area contributed by atoms with E-state index in [0.29, 0.717) is 17.8 Å². The second-order valence-corrected chi connectivity index (χ2v) is 5.96. The first-order valence-electron chi connectivity index (χ1n) is 6.84. The summed E-state index contributed by atoms with van der Waals surface area (Å²) in [6.45, 7) is 2.29. The van der Waals surface area contributed by atoms with E-state index >= 15 is 0 Å². The summed E-state index contributed by atoms with van der Waals surface area (Å²) in [7, 11) is 0. The molecule has 3 fully saturated rings. The molecule has 2 amide bonds. The number of amides is 2. The van der Waals surface area contributed by atoms with E-state index in [1.54, 1.807) is 0 Å². The Morgan fingerprint density at radius 2 is 2.06 bits per heavy atom. The molecule has 3 rings (SSSR count). The SMILES string of the molecule is CC1CCCC(C2C(=N)NC(=O)N2C2CC2)C1. The van der Waals surface area contributed by atoms with Gasteiger partial charge in [-0.05, 0) is 37.5 Å². The number of hydrogen-bond acceptors (Lipinski definition) is 2. The molecule has 0 aromatic carbocycles. The fourth-order valence-corrected chi connectivity index (χ4v) is 3.50. The van der Waals surface area contributed by atoms with Crippen LogP contribution in [0.15, 0.2) is 0 Å². The third-order valence-corrected chi connectivity index (χ3v) is 4.44. The summed E-state index contributed by atoms with van der Waals surface area (Å²) in [5, 5.41) is 10.7. The van der Waals surface area contributed by atoms with E-state index in [1.165, 1.54) is 25.7 Å². The standard InChI is InChI=1S/C13H21N3O/c1-8-3-2-4-9(7-8)11-12(14)15-13(17)16(11)10-5-6-10/h8-11H,2-7H2,1H3,(H2,14,15,17). The average Bonchev–Trinajstić information content (AvgIpc) is 3.04. The van der Waals surface area contributed by atoms with Gasteiger partial charge in [0.2, 0.25) is 0 Å². The average molecular weight is 235 g/mol. The van der Waals surface area contributed by atoms with Crippen LogP contribution in [-0.4, -0.2) is 28.9 Å². The number of carbonyl (C=O) groups excluding carboxylic acids is 1. The van der Waals surface area contributed by atoms with Gasteiger partial charge in [-0.3, -0.25) is 10.7 Å². The monoisotopic (exact) mass is 235 g/mol. The van der Waals surface area contributed by atoms with Gasteiger partial charge in [-0.2, -0.15) is 0 Å². The summed E-state index contributed by atoms with van der Waals surface area (Å²) in [5.41, 5.74) is 0. The lowest BCUT2D eigenvalue weighted by Crippen LogP contribution is -2.43. The van der Waals surface area contributed by atoms with Crippen LogP contribution in [0.25, 0.3) is 0 Å². The molecule has 0 aromatic rings. The fourth-order valence-electron chi connectivity index (χ4n) is 3.50. The van der Waals surface area contributed by atoms with Crippen molar-refractivity contribution in [1.82, 2.24) is 10.2 Å². The van der Waals surface area contributed by atoms with Crippen molar-refractivity contribution in [3.8, 4) is 0 Å². The van der Waals surface area contributed by atoms with Crippen LogP contribution in [-0.2, 0) is 0 Å². The Bertz CT molecular complexity index is 351. The molecule has 0 radical (unpaired) electrons. The molecule has 3 unspecified atom stereocenters. The van der Waals surface area contributed by atoms with Crippen LogP contribution in [0, 0.1) is 17.2 Å². The van der Waals surface area contributed by atoms with Crippen molar-refractivity contribution in [2.75, 3.05) is 0 Å². The topological polar surface area (TPSA) is 56.2 Å². The molecule has 1 heterocycles. The molecule has 0 spiro atoms. The van der Waals surface area contributed by atoms with Crippen LogP contribution in [0.4, 0.5) is 4.79 Å². The van der Waals surface area contributed by atoms with Crippen LogP contribution in [0.2, 0.25) is 0 Å². The van der Waals surface area contributed by atoms with Gasteiger partial charge in [-0.25, -0.2) is 4.79 Å². The lowest BCUT2D eigenvalue weighted by atomic mass is 9.78. The minimum atomic E-state index is -0.0271. The fraction of sp³-hybridized carbons (Fsp3) is 0.846. The molecule has 0 aromatic heterocycles. The normalized spacial score (nSPS) is 38.4. The van der Waals surface area contributed by atoms with Gasteiger partial charge in [-0.15, -0.1) is 0 Å². The Kier molecular flexibility index (Phi) is 2.60. The van der Waals surface area contributed by atoms with Crippen molar-refractivity contribution in [1.29, 1.82) is 5.41 Å². The van der Waals surface area contributed by atoms with Crippen LogP contribution >= 0.6 is 0 Å². The summed E-state index contributed by atoms with van der Waals surface area (Å²) in [6, 6.07) is 0.443. The lowest BCUT2D eigenvalue weighted by molar-refractivity contribution is 0.160. The number of urea groups is 1. The van der Waals surface area contributed by atoms with E-state index in [9.17, 15) is 4.79 Å². The molecule has 1 aliphatic heterocycles. The highest BCUT2D eigenvalue weighted by atomic mass is 16.2. The van der Waals surface area contributed by atoms with Gasteiger partial charge in [0.05, 0.1) is 6.04 Å². The molecule has 1 saturated heterocycles. The maximum atomic E-state index is 11.9. The zero-order valence-corrected chi connectivity index (χ0v) is 10.4. The quantitative estimate of drug-likeness (QED) is 0.758. The Morgan fingerprint density at radius 1 is 1.29 bits per heavy atom. The highest BCUT2D eigenvalue weighted by Gasteiger charge is 2.47. The van der Waals surface area contributed by atoms with Crippen molar-refractivity contribution in [3.05, 3.63) is 0 Å². The molecule has 4 heteroatoms. The van der Waals surface area contributed by atoms with Crippen LogP contribution in [0.1, 0.15) is 45.4 Å². The first-order valence-corrected chi connectivity index (χ1v) is 6.84. The van der Waals surface area contributed by atoms with E-state index in [4.69, 9.17) is 5.41 Å². The second-order valence-electron chi connectivity index (χ2n) is 5.96. The van der Waals surface area contributed by atoms with Crippen molar-refractivity contribution in [3.63, 3.8) is 0 Å². The van der Waals surface area contributed by atoms with E-state index < -0.39 is 0 Å². The minimum Gasteiger partial charge on any atom is -0.311 e. The Morgan fingerprint density at radius 3 is 2.71 bits per heavy atom. The highest BCUT2D eigenvalue weighted by molar-refractivity contribution is 6.06. The lowest BCUT2D eigenvalue weighted by Gasteiger charge is -2.35. The van der Waals surface area contributed by atoms with Crippen molar-refractivity contribution < 1.29 is 4.79 Å². The number of amidine groups is 1.